The van der Waals surface area contributed by atoms with Gasteiger partial charge < -0.3 is 19.7 Å². The lowest BCUT2D eigenvalue weighted by atomic mass is 10.0. The minimum Gasteiger partial charge on any atom is -0.493 e. The number of piperidine rings is 1. The number of fused-ring (bicyclic) bond motifs is 1. The number of amides is 1. The molecule has 3 aromatic rings. The summed E-state index contributed by atoms with van der Waals surface area (Å²) in [6, 6.07) is 5.44. The van der Waals surface area contributed by atoms with Crippen molar-refractivity contribution in [3.05, 3.63) is 45.9 Å². The Balaban J connectivity index is 1.50. The normalized spacial score (nSPS) is 16.2. The van der Waals surface area contributed by atoms with Crippen LogP contribution in [-0.4, -0.2) is 47.3 Å². The highest BCUT2D eigenvalue weighted by Gasteiger charge is 2.22. The van der Waals surface area contributed by atoms with Crippen molar-refractivity contribution in [2.45, 2.75) is 33.2 Å². The van der Waals surface area contributed by atoms with Crippen LogP contribution in [0.1, 0.15) is 42.6 Å². The molecule has 1 aliphatic rings. The van der Waals surface area contributed by atoms with Crippen LogP contribution in [0.15, 0.2) is 29.2 Å². The number of hydrogen-bond acceptors (Lipinski definition) is 8. The summed E-state index contributed by atoms with van der Waals surface area (Å²) in [6.45, 7) is 6.70. The summed E-state index contributed by atoms with van der Waals surface area (Å²) in [6.07, 6.45) is 3.63. The maximum atomic E-state index is 12.9. The number of methoxy groups -OCH3 is 1. The first-order valence-corrected chi connectivity index (χ1v) is 11.5. The van der Waals surface area contributed by atoms with Gasteiger partial charge in [0.1, 0.15) is 5.56 Å². The van der Waals surface area contributed by atoms with E-state index in [9.17, 15) is 9.59 Å². The van der Waals surface area contributed by atoms with Crippen molar-refractivity contribution in [2.75, 3.05) is 31.7 Å². The standard InChI is InChI=1S/C22H27N5O4S/c1-4-31-17-8-7-15(10-18(17)30-3)11-23-19(28)16-12-24-21-27(20(16)29)25-22(32-21)26-9-5-6-14(2)13-26/h7-8,10,12,14H,4-6,9,11,13H2,1-3H3,(H,23,28). The summed E-state index contributed by atoms with van der Waals surface area (Å²) in [5, 5.41) is 8.00. The van der Waals surface area contributed by atoms with Crippen molar-refractivity contribution < 1.29 is 14.3 Å². The highest BCUT2D eigenvalue weighted by Crippen LogP contribution is 2.28. The van der Waals surface area contributed by atoms with Gasteiger partial charge in [-0.1, -0.05) is 24.3 Å². The van der Waals surface area contributed by atoms with Gasteiger partial charge in [0, 0.05) is 25.8 Å². The fourth-order valence-electron chi connectivity index (χ4n) is 3.80. The van der Waals surface area contributed by atoms with Gasteiger partial charge >= 0.3 is 0 Å². The second-order valence-electron chi connectivity index (χ2n) is 7.85. The first-order chi connectivity index (χ1) is 15.5. The maximum absolute atomic E-state index is 12.9. The lowest BCUT2D eigenvalue weighted by Crippen LogP contribution is -2.34. The van der Waals surface area contributed by atoms with Crippen molar-refractivity contribution in [1.82, 2.24) is 19.9 Å². The van der Waals surface area contributed by atoms with Gasteiger partial charge in [-0.15, -0.1) is 5.10 Å². The third kappa shape index (κ3) is 4.55. The Hall–Kier alpha value is -3.14. The van der Waals surface area contributed by atoms with E-state index in [4.69, 9.17) is 9.47 Å². The van der Waals surface area contributed by atoms with E-state index in [-0.39, 0.29) is 12.1 Å². The summed E-state index contributed by atoms with van der Waals surface area (Å²) in [7, 11) is 1.56. The average Bonchev–Trinajstić information content (AvgIpc) is 3.24. The zero-order chi connectivity index (χ0) is 22.7. The molecule has 0 saturated carbocycles. The first kappa shape index (κ1) is 22.1. The summed E-state index contributed by atoms with van der Waals surface area (Å²) < 4.78 is 12.1. The number of nitrogens with zero attached hydrogens (tertiary/aromatic N) is 4. The van der Waals surface area contributed by atoms with Crippen LogP contribution < -0.4 is 25.2 Å². The number of rotatable bonds is 7. The van der Waals surface area contributed by atoms with E-state index >= 15 is 0 Å². The zero-order valence-electron chi connectivity index (χ0n) is 18.5. The van der Waals surface area contributed by atoms with Gasteiger partial charge in [-0.2, -0.15) is 4.52 Å². The third-order valence-electron chi connectivity index (χ3n) is 5.43. The molecule has 4 rings (SSSR count). The molecule has 1 unspecified atom stereocenters. The molecule has 0 aliphatic carbocycles. The fourth-order valence-corrected chi connectivity index (χ4v) is 4.69. The average molecular weight is 458 g/mol. The molecule has 1 aromatic carbocycles. The minimum absolute atomic E-state index is 0.0377. The molecule has 9 nitrogen and oxygen atoms in total. The molecule has 1 N–H and O–H groups in total. The minimum atomic E-state index is -0.495. The largest absolute Gasteiger partial charge is 0.493 e. The second kappa shape index (κ2) is 9.56. The summed E-state index contributed by atoms with van der Waals surface area (Å²) in [4.78, 5) is 32.6. The van der Waals surface area contributed by atoms with E-state index in [0.717, 1.165) is 30.2 Å². The predicted molar refractivity (Wildman–Crippen MR) is 123 cm³/mol. The number of nitrogens with one attached hydrogen (secondary N) is 1. The Morgan fingerprint density at radius 3 is 2.94 bits per heavy atom. The van der Waals surface area contributed by atoms with Crippen molar-refractivity contribution in [1.29, 1.82) is 0 Å². The zero-order valence-corrected chi connectivity index (χ0v) is 19.3. The SMILES string of the molecule is CCOc1ccc(CNC(=O)c2cnc3sc(N4CCCC(C)C4)nn3c2=O)cc1OC. The molecule has 1 amide bonds. The maximum Gasteiger partial charge on any atom is 0.288 e. The Morgan fingerprint density at radius 2 is 2.19 bits per heavy atom. The molecule has 10 heteroatoms. The Morgan fingerprint density at radius 1 is 1.34 bits per heavy atom. The van der Waals surface area contributed by atoms with Crippen LogP contribution in [0.4, 0.5) is 5.13 Å². The Kier molecular flexibility index (Phi) is 6.59. The monoisotopic (exact) mass is 457 g/mol. The van der Waals surface area contributed by atoms with Gasteiger partial charge in [0.25, 0.3) is 11.5 Å². The number of aromatic nitrogens is 3. The highest BCUT2D eigenvalue weighted by molar-refractivity contribution is 7.20. The van der Waals surface area contributed by atoms with Gasteiger partial charge in [0.2, 0.25) is 10.1 Å². The van der Waals surface area contributed by atoms with Gasteiger partial charge in [-0.25, -0.2) is 4.98 Å². The van der Waals surface area contributed by atoms with E-state index in [1.54, 1.807) is 19.2 Å². The van der Waals surface area contributed by atoms with Crippen LogP contribution in [0.5, 0.6) is 11.5 Å². The third-order valence-corrected chi connectivity index (χ3v) is 6.41. The van der Waals surface area contributed by atoms with E-state index in [1.165, 1.54) is 28.5 Å². The van der Waals surface area contributed by atoms with Crippen molar-refractivity contribution >= 4 is 27.3 Å². The second-order valence-corrected chi connectivity index (χ2v) is 8.78. The molecule has 170 valence electrons. The van der Waals surface area contributed by atoms with Gasteiger partial charge in [-0.3, -0.25) is 9.59 Å². The van der Waals surface area contributed by atoms with Crippen molar-refractivity contribution in [3.8, 4) is 11.5 Å². The molecule has 0 spiro atoms. The molecule has 1 fully saturated rings. The lowest BCUT2D eigenvalue weighted by molar-refractivity contribution is 0.0948. The molecule has 0 bridgehead atoms. The van der Waals surface area contributed by atoms with Crippen molar-refractivity contribution in [3.63, 3.8) is 0 Å². The van der Waals surface area contributed by atoms with Gasteiger partial charge in [-0.05, 0) is 43.4 Å². The van der Waals surface area contributed by atoms with Crippen molar-refractivity contribution in [2.24, 2.45) is 5.92 Å². The number of carbonyl (C=O) groups is 1. The molecule has 2 aromatic heterocycles. The van der Waals surface area contributed by atoms with Crippen LogP contribution in [0, 0.1) is 5.92 Å². The Labute approximate surface area is 190 Å². The van der Waals surface area contributed by atoms with Crippen LogP contribution in [0.25, 0.3) is 4.96 Å². The number of anilines is 1. The first-order valence-electron chi connectivity index (χ1n) is 10.7. The topological polar surface area (TPSA) is 98.1 Å². The molecule has 3 heterocycles. The van der Waals surface area contributed by atoms with E-state index in [1.807, 2.05) is 13.0 Å². The lowest BCUT2D eigenvalue weighted by Gasteiger charge is -2.30. The molecule has 1 aliphatic heterocycles. The number of benzene rings is 1. The smallest absolute Gasteiger partial charge is 0.288 e. The van der Waals surface area contributed by atoms with Crippen LogP contribution in [0.3, 0.4) is 0 Å². The Bertz CT molecular complexity index is 1170. The van der Waals surface area contributed by atoms with E-state index in [0.29, 0.717) is 29.0 Å². The molecule has 1 atom stereocenters. The van der Waals surface area contributed by atoms with Crippen LogP contribution >= 0.6 is 11.3 Å². The molecule has 32 heavy (non-hydrogen) atoms. The highest BCUT2D eigenvalue weighted by atomic mass is 32.1. The van der Waals surface area contributed by atoms with Gasteiger partial charge in [0.15, 0.2) is 11.5 Å². The quantitative estimate of drug-likeness (QED) is 0.582. The predicted octanol–water partition coefficient (Wildman–Crippen LogP) is 2.72. The molecule has 1 saturated heterocycles. The van der Waals surface area contributed by atoms with Crippen LogP contribution in [0.2, 0.25) is 0 Å². The molecular weight excluding hydrogens is 430 g/mol. The molecule has 0 radical (unpaired) electrons. The fraction of sp³-hybridized carbons (Fsp3) is 0.455. The van der Waals surface area contributed by atoms with E-state index < -0.39 is 11.5 Å². The van der Waals surface area contributed by atoms with E-state index in [2.05, 4.69) is 27.2 Å². The summed E-state index contributed by atoms with van der Waals surface area (Å²) in [5.41, 5.74) is 0.316. The molecular formula is C22H27N5O4S. The summed E-state index contributed by atoms with van der Waals surface area (Å²) >= 11 is 1.37. The van der Waals surface area contributed by atoms with Crippen LogP contribution in [-0.2, 0) is 6.54 Å². The number of ether oxygens (including phenoxy) is 2. The number of carbonyl (C=O) groups excluding carboxylic acids is 1. The number of hydrogen-bond donors (Lipinski definition) is 1. The summed E-state index contributed by atoms with van der Waals surface area (Å²) in [5.74, 6) is 1.32. The van der Waals surface area contributed by atoms with Gasteiger partial charge in [0.05, 0.1) is 13.7 Å².